The highest BCUT2D eigenvalue weighted by molar-refractivity contribution is 7.89. The lowest BCUT2D eigenvalue weighted by molar-refractivity contribution is -0.122. The lowest BCUT2D eigenvalue weighted by atomic mass is 10.1. The van der Waals surface area contributed by atoms with E-state index >= 15 is 0 Å². The molecule has 2 aliphatic heterocycles. The zero-order valence-electron chi connectivity index (χ0n) is 19.7. The summed E-state index contributed by atoms with van der Waals surface area (Å²) in [7, 11) is -3.42. The highest BCUT2D eigenvalue weighted by Crippen LogP contribution is 2.21. The van der Waals surface area contributed by atoms with Gasteiger partial charge in [0.2, 0.25) is 15.9 Å². The Morgan fingerprint density at radius 1 is 0.941 bits per heavy atom. The number of rotatable bonds is 9. The fourth-order valence-corrected chi connectivity index (χ4v) is 6.06. The van der Waals surface area contributed by atoms with Crippen molar-refractivity contribution in [2.24, 2.45) is 0 Å². The maximum Gasteiger partial charge on any atom is 0.243 e. The number of ether oxygens (including phenoxy) is 1. The number of sulfonamides is 1. The molecule has 2 aromatic carbocycles. The number of nitrogens with one attached hydrogen (secondary N) is 1. The van der Waals surface area contributed by atoms with E-state index in [1.54, 1.807) is 16.4 Å². The Balaban J connectivity index is 1.19. The van der Waals surface area contributed by atoms with Crippen molar-refractivity contribution in [1.29, 1.82) is 0 Å². The van der Waals surface area contributed by atoms with Gasteiger partial charge in [-0.3, -0.25) is 9.69 Å². The first-order chi connectivity index (χ1) is 16.5. The second kappa shape index (κ2) is 11.9. The number of piperidine rings is 1. The number of amides is 1. The molecule has 2 saturated heterocycles. The van der Waals surface area contributed by atoms with Gasteiger partial charge < -0.3 is 10.1 Å². The van der Waals surface area contributed by atoms with Crippen LogP contribution >= 0.6 is 0 Å². The summed E-state index contributed by atoms with van der Waals surface area (Å²) in [6.45, 7) is 4.93. The van der Waals surface area contributed by atoms with E-state index in [1.807, 2.05) is 18.2 Å². The summed E-state index contributed by atoms with van der Waals surface area (Å²) in [6.07, 6.45) is 3.85. The second-order valence-corrected chi connectivity index (χ2v) is 11.1. The van der Waals surface area contributed by atoms with E-state index < -0.39 is 10.0 Å². The minimum absolute atomic E-state index is 0.0133. The number of hydrogen-bond acceptors (Lipinski definition) is 5. The topological polar surface area (TPSA) is 79.0 Å². The van der Waals surface area contributed by atoms with Gasteiger partial charge in [0.15, 0.2) is 0 Å². The third-order valence-electron chi connectivity index (χ3n) is 6.52. The molecule has 1 atom stereocenters. The fraction of sp³-hybridized carbons (Fsp3) is 0.500. The zero-order chi connectivity index (χ0) is 23.8. The van der Waals surface area contributed by atoms with Crippen LogP contribution in [0.5, 0.6) is 0 Å². The van der Waals surface area contributed by atoms with Crippen molar-refractivity contribution in [3.05, 3.63) is 65.7 Å². The molecule has 7 nitrogen and oxygen atoms in total. The Hall–Kier alpha value is -2.26. The number of morpholine rings is 1. The van der Waals surface area contributed by atoms with Crippen LogP contribution in [0.1, 0.15) is 36.8 Å². The minimum Gasteiger partial charge on any atom is -0.374 e. The molecule has 0 aliphatic carbocycles. The number of benzene rings is 2. The van der Waals surface area contributed by atoms with Crippen molar-refractivity contribution in [2.45, 2.75) is 49.6 Å². The van der Waals surface area contributed by atoms with E-state index in [0.717, 1.165) is 44.5 Å². The zero-order valence-corrected chi connectivity index (χ0v) is 20.5. The fourth-order valence-electron chi connectivity index (χ4n) is 4.55. The van der Waals surface area contributed by atoms with Crippen LogP contribution in [-0.4, -0.2) is 69.0 Å². The first kappa shape index (κ1) is 24.9. The second-order valence-electron chi connectivity index (χ2n) is 9.13. The summed E-state index contributed by atoms with van der Waals surface area (Å²) in [5.74, 6) is -0.0196. The van der Waals surface area contributed by atoms with Crippen LogP contribution in [0.25, 0.3) is 0 Å². The van der Waals surface area contributed by atoms with Crippen LogP contribution in [0.2, 0.25) is 0 Å². The average molecular weight is 486 g/mol. The molecule has 0 radical (unpaired) electrons. The van der Waals surface area contributed by atoms with Crippen molar-refractivity contribution >= 4 is 15.9 Å². The van der Waals surface area contributed by atoms with Crippen LogP contribution < -0.4 is 5.32 Å². The van der Waals surface area contributed by atoms with Crippen molar-refractivity contribution in [3.8, 4) is 0 Å². The van der Waals surface area contributed by atoms with Crippen LogP contribution in [0.3, 0.4) is 0 Å². The van der Waals surface area contributed by atoms with E-state index in [1.165, 1.54) is 5.56 Å². The van der Waals surface area contributed by atoms with Gasteiger partial charge in [-0.25, -0.2) is 8.42 Å². The van der Waals surface area contributed by atoms with Gasteiger partial charge in [0.25, 0.3) is 0 Å². The molecule has 2 aliphatic rings. The summed E-state index contributed by atoms with van der Waals surface area (Å²) in [4.78, 5) is 15.1. The molecule has 1 unspecified atom stereocenters. The van der Waals surface area contributed by atoms with Gasteiger partial charge in [-0.15, -0.1) is 0 Å². The molecule has 0 bridgehead atoms. The molecule has 8 heteroatoms. The third kappa shape index (κ3) is 6.88. The SMILES string of the molecule is O=C(CCc1ccc(S(=O)(=O)N2CCCCC2)cc1)NCC1CN(Cc2ccccc2)CCO1. The molecule has 184 valence electrons. The number of aryl methyl sites for hydroxylation is 1. The normalized spacial score (nSPS) is 20.2. The third-order valence-corrected chi connectivity index (χ3v) is 8.43. The monoisotopic (exact) mass is 485 g/mol. The van der Waals surface area contributed by atoms with Crippen LogP contribution in [0, 0.1) is 0 Å². The highest BCUT2D eigenvalue weighted by Gasteiger charge is 2.25. The summed E-state index contributed by atoms with van der Waals surface area (Å²) in [6, 6.07) is 17.3. The highest BCUT2D eigenvalue weighted by atomic mass is 32.2. The summed E-state index contributed by atoms with van der Waals surface area (Å²) in [5, 5.41) is 2.99. The molecule has 2 heterocycles. The molecular formula is C26H35N3O4S. The molecule has 2 fully saturated rings. The number of carbonyl (C=O) groups excluding carboxylic acids is 1. The number of carbonyl (C=O) groups is 1. The van der Waals surface area contributed by atoms with E-state index in [2.05, 4.69) is 34.5 Å². The van der Waals surface area contributed by atoms with Gasteiger partial charge in [0, 0.05) is 45.7 Å². The lowest BCUT2D eigenvalue weighted by Crippen LogP contribution is -2.47. The van der Waals surface area contributed by atoms with Crippen LogP contribution in [0.4, 0.5) is 0 Å². The average Bonchev–Trinajstić information content (AvgIpc) is 2.88. The molecule has 2 aromatic rings. The van der Waals surface area contributed by atoms with Gasteiger partial charge in [-0.05, 0) is 42.5 Å². The first-order valence-electron chi connectivity index (χ1n) is 12.2. The summed E-state index contributed by atoms with van der Waals surface area (Å²) >= 11 is 0. The molecule has 4 rings (SSSR count). The smallest absolute Gasteiger partial charge is 0.243 e. The van der Waals surface area contributed by atoms with Crippen molar-refractivity contribution in [1.82, 2.24) is 14.5 Å². The van der Waals surface area contributed by atoms with Gasteiger partial charge in [0.1, 0.15) is 0 Å². The van der Waals surface area contributed by atoms with E-state index in [0.29, 0.717) is 44.0 Å². The molecule has 34 heavy (non-hydrogen) atoms. The van der Waals surface area contributed by atoms with Gasteiger partial charge in [0.05, 0.1) is 17.6 Å². The van der Waals surface area contributed by atoms with E-state index in [4.69, 9.17) is 4.74 Å². The quantitative estimate of drug-likeness (QED) is 0.591. The number of nitrogens with zero attached hydrogens (tertiary/aromatic N) is 2. The van der Waals surface area contributed by atoms with Crippen LogP contribution in [0.15, 0.2) is 59.5 Å². The predicted molar refractivity (Wildman–Crippen MR) is 132 cm³/mol. The van der Waals surface area contributed by atoms with Crippen molar-refractivity contribution in [3.63, 3.8) is 0 Å². The van der Waals surface area contributed by atoms with Gasteiger partial charge in [-0.2, -0.15) is 4.31 Å². The molecule has 0 spiro atoms. The Morgan fingerprint density at radius 2 is 1.68 bits per heavy atom. The first-order valence-corrected chi connectivity index (χ1v) is 13.7. The lowest BCUT2D eigenvalue weighted by Gasteiger charge is -2.33. The Kier molecular flexibility index (Phi) is 8.72. The Bertz CT molecular complexity index is 1020. The van der Waals surface area contributed by atoms with Gasteiger partial charge in [-0.1, -0.05) is 48.9 Å². The molecule has 0 aromatic heterocycles. The van der Waals surface area contributed by atoms with Crippen LogP contribution in [-0.2, 0) is 32.5 Å². The van der Waals surface area contributed by atoms with E-state index in [9.17, 15) is 13.2 Å². The van der Waals surface area contributed by atoms with Crippen molar-refractivity contribution in [2.75, 3.05) is 39.3 Å². The molecule has 1 N–H and O–H groups in total. The largest absolute Gasteiger partial charge is 0.374 e. The number of hydrogen-bond donors (Lipinski definition) is 1. The minimum atomic E-state index is -3.42. The van der Waals surface area contributed by atoms with Gasteiger partial charge >= 0.3 is 0 Å². The summed E-state index contributed by atoms with van der Waals surface area (Å²) < 4.78 is 33.0. The maximum atomic E-state index is 12.8. The summed E-state index contributed by atoms with van der Waals surface area (Å²) in [5.41, 5.74) is 2.23. The Labute approximate surface area is 203 Å². The Morgan fingerprint density at radius 3 is 2.41 bits per heavy atom. The maximum absolute atomic E-state index is 12.8. The molecule has 0 saturated carbocycles. The van der Waals surface area contributed by atoms with E-state index in [-0.39, 0.29) is 12.0 Å². The molecular weight excluding hydrogens is 450 g/mol. The molecule has 1 amide bonds. The van der Waals surface area contributed by atoms with Crippen molar-refractivity contribution < 1.29 is 17.9 Å². The predicted octanol–water partition coefficient (Wildman–Crippen LogP) is 2.81. The standard InChI is InChI=1S/C26H35N3O4S/c30-26(27-19-24-21-28(17-18-33-24)20-23-7-3-1-4-8-23)14-11-22-9-12-25(13-10-22)34(31,32)29-15-5-2-6-16-29/h1,3-4,7-10,12-13,24H,2,5-6,11,14-21H2,(H,27,30).